The van der Waals surface area contributed by atoms with E-state index in [0.29, 0.717) is 5.92 Å². The highest BCUT2D eigenvalue weighted by Gasteiger charge is 2.18. The van der Waals surface area contributed by atoms with Crippen molar-refractivity contribution in [3.63, 3.8) is 0 Å². The van der Waals surface area contributed by atoms with Crippen molar-refractivity contribution in [2.24, 2.45) is 5.92 Å². The van der Waals surface area contributed by atoms with Gasteiger partial charge in [-0.2, -0.15) is 0 Å². The van der Waals surface area contributed by atoms with Gasteiger partial charge in [0.15, 0.2) is 0 Å². The van der Waals surface area contributed by atoms with Crippen molar-refractivity contribution in [2.45, 2.75) is 71.6 Å². The molecular weight excluding hydrogens is 384 g/mol. The third-order valence-electron chi connectivity index (χ3n) is 6.67. The average molecular weight is 423 g/mol. The van der Waals surface area contributed by atoms with Crippen LogP contribution in [0.25, 0.3) is 5.57 Å². The minimum absolute atomic E-state index is 0.487. The van der Waals surface area contributed by atoms with Crippen molar-refractivity contribution >= 4 is 5.57 Å². The summed E-state index contributed by atoms with van der Waals surface area (Å²) in [4.78, 5) is 0. The van der Waals surface area contributed by atoms with Gasteiger partial charge in [-0.1, -0.05) is 94.0 Å². The Morgan fingerprint density at radius 3 is 2.50 bits per heavy atom. The number of hydrogen-bond acceptors (Lipinski definition) is 0. The summed E-state index contributed by atoms with van der Waals surface area (Å²) < 4.78 is 0. The SMILES string of the molecule is C#CCCC(CC)C(=C)C1=CC=C(c2cccc(Cc3cccc(CCCCC)c3)c2)C1. The molecule has 1 unspecified atom stereocenters. The summed E-state index contributed by atoms with van der Waals surface area (Å²) in [5.74, 6) is 3.27. The summed E-state index contributed by atoms with van der Waals surface area (Å²) in [6.07, 6.45) is 20.0. The van der Waals surface area contributed by atoms with Crippen LogP contribution in [-0.4, -0.2) is 0 Å². The molecule has 166 valence electrons. The van der Waals surface area contributed by atoms with Crippen molar-refractivity contribution in [1.82, 2.24) is 0 Å². The zero-order valence-electron chi connectivity index (χ0n) is 20.0. The molecule has 0 radical (unpaired) electrons. The quantitative estimate of drug-likeness (QED) is 0.237. The van der Waals surface area contributed by atoms with E-state index in [4.69, 9.17) is 6.42 Å². The summed E-state index contributed by atoms with van der Waals surface area (Å²) in [7, 11) is 0. The zero-order valence-corrected chi connectivity index (χ0v) is 20.0. The van der Waals surface area contributed by atoms with E-state index in [1.165, 1.54) is 64.7 Å². The van der Waals surface area contributed by atoms with Crippen molar-refractivity contribution in [2.75, 3.05) is 0 Å². The fraction of sp³-hybridized carbons (Fsp3) is 0.375. The molecule has 1 aliphatic rings. The second-order valence-electron chi connectivity index (χ2n) is 9.09. The standard InChI is InChI=1S/C32H38/c1-5-8-10-13-26-14-11-15-27(21-26)22-28-16-12-18-31(23-28)32-20-19-30(24-32)25(4)29(7-3)17-9-6-2/h2,11-12,14-16,18-21,23,29H,4-5,7-10,13,17,22,24H2,1,3H3. The molecule has 2 aromatic rings. The molecule has 1 atom stereocenters. The second kappa shape index (κ2) is 12.3. The van der Waals surface area contributed by atoms with Crippen LogP contribution in [0, 0.1) is 18.3 Å². The molecule has 0 aromatic heterocycles. The number of aryl methyl sites for hydroxylation is 1. The van der Waals surface area contributed by atoms with Gasteiger partial charge in [0.05, 0.1) is 0 Å². The number of terminal acetylenes is 1. The van der Waals surface area contributed by atoms with Crippen molar-refractivity contribution in [1.29, 1.82) is 0 Å². The topological polar surface area (TPSA) is 0 Å². The molecule has 0 bridgehead atoms. The summed E-state index contributed by atoms with van der Waals surface area (Å²) in [6, 6.07) is 18.2. The maximum absolute atomic E-state index is 5.48. The minimum atomic E-state index is 0.487. The van der Waals surface area contributed by atoms with Crippen LogP contribution in [0.3, 0.4) is 0 Å². The molecule has 0 nitrogen and oxygen atoms in total. The van der Waals surface area contributed by atoms with Gasteiger partial charge in [-0.15, -0.1) is 12.3 Å². The lowest BCUT2D eigenvalue weighted by molar-refractivity contribution is 0.558. The number of rotatable bonds is 12. The molecule has 0 heterocycles. The van der Waals surface area contributed by atoms with Crippen molar-refractivity contribution in [3.05, 3.63) is 101 Å². The summed E-state index contributed by atoms with van der Waals surface area (Å²) in [5.41, 5.74) is 9.61. The Balaban J connectivity index is 1.63. The van der Waals surface area contributed by atoms with E-state index in [9.17, 15) is 0 Å². The molecule has 0 aliphatic heterocycles. The molecular formula is C32H38. The Morgan fingerprint density at radius 2 is 1.75 bits per heavy atom. The molecule has 0 N–H and O–H groups in total. The van der Waals surface area contributed by atoms with Crippen LogP contribution < -0.4 is 0 Å². The Kier molecular flexibility index (Phi) is 9.18. The molecule has 0 saturated carbocycles. The van der Waals surface area contributed by atoms with E-state index in [-0.39, 0.29) is 0 Å². The Morgan fingerprint density at radius 1 is 1.00 bits per heavy atom. The Labute approximate surface area is 196 Å². The number of hydrogen-bond donors (Lipinski definition) is 0. The molecule has 3 rings (SSSR count). The lowest BCUT2D eigenvalue weighted by atomic mass is 9.86. The molecule has 1 aliphatic carbocycles. The van der Waals surface area contributed by atoms with E-state index in [2.05, 4.69) is 87.0 Å². The van der Waals surface area contributed by atoms with Gasteiger partial charge in [-0.3, -0.25) is 0 Å². The maximum atomic E-state index is 5.48. The molecule has 0 saturated heterocycles. The van der Waals surface area contributed by atoms with Gasteiger partial charge in [0.1, 0.15) is 0 Å². The first-order valence-corrected chi connectivity index (χ1v) is 12.3. The van der Waals surface area contributed by atoms with E-state index in [1.807, 2.05) is 0 Å². The first kappa shape index (κ1) is 23.9. The normalized spacial score (nSPS) is 13.9. The smallest absolute Gasteiger partial charge is 0.00918 e. The highest BCUT2D eigenvalue weighted by Crippen LogP contribution is 2.36. The zero-order chi connectivity index (χ0) is 22.8. The third kappa shape index (κ3) is 6.61. The third-order valence-corrected chi connectivity index (χ3v) is 6.67. The van der Waals surface area contributed by atoms with E-state index < -0.39 is 0 Å². The Hall–Kier alpha value is -2.78. The Bertz CT molecular complexity index is 1010. The highest BCUT2D eigenvalue weighted by molar-refractivity contribution is 5.74. The molecule has 0 spiro atoms. The van der Waals surface area contributed by atoms with Crippen LogP contribution in [0.5, 0.6) is 0 Å². The minimum Gasteiger partial charge on any atom is -0.120 e. The van der Waals surface area contributed by atoms with Crippen LogP contribution in [0.2, 0.25) is 0 Å². The maximum Gasteiger partial charge on any atom is 0.00918 e. The van der Waals surface area contributed by atoms with Gasteiger partial charge in [-0.05, 0) is 83.4 Å². The average Bonchev–Trinajstić information content (AvgIpc) is 3.31. The number of allylic oxidation sites excluding steroid dienone is 5. The second-order valence-corrected chi connectivity index (χ2v) is 9.09. The van der Waals surface area contributed by atoms with Gasteiger partial charge in [0.25, 0.3) is 0 Å². The first-order chi connectivity index (χ1) is 15.6. The summed E-state index contributed by atoms with van der Waals surface area (Å²) >= 11 is 0. The molecule has 2 aromatic carbocycles. The molecule has 0 fully saturated rings. The fourth-order valence-electron chi connectivity index (χ4n) is 4.68. The predicted molar refractivity (Wildman–Crippen MR) is 141 cm³/mol. The van der Waals surface area contributed by atoms with Crippen LogP contribution in [0.15, 0.2) is 78.4 Å². The summed E-state index contributed by atoms with van der Waals surface area (Å²) in [5, 5.41) is 0. The number of benzene rings is 2. The molecule has 0 amide bonds. The van der Waals surface area contributed by atoms with Crippen molar-refractivity contribution in [3.8, 4) is 12.3 Å². The fourth-order valence-corrected chi connectivity index (χ4v) is 4.68. The number of unbranched alkanes of at least 4 members (excludes halogenated alkanes) is 2. The van der Waals surface area contributed by atoms with E-state index in [0.717, 1.165) is 32.1 Å². The van der Waals surface area contributed by atoms with Gasteiger partial charge in [0, 0.05) is 6.42 Å². The van der Waals surface area contributed by atoms with E-state index in [1.54, 1.807) is 0 Å². The van der Waals surface area contributed by atoms with Crippen LogP contribution in [0.1, 0.15) is 81.0 Å². The predicted octanol–water partition coefficient (Wildman–Crippen LogP) is 8.72. The van der Waals surface area contributed by atoms with E-state index >= 15 is 0 Å². The van der Waals surface area contributed by atoms with Gasteiger partial charge >= 0.3 is 0 Å². The molecule has 32 heavy (non-hydrogen) atoms. The largest absolute Gasteiger partial charge is 0.120 e. The lowest BCUT2D eigenvalue weighted by Crippen LogP contribution is -2.04. The monoisotopic (exact) mass is 422 g/mol. The highest BCUT2D eigenvalue weighted by atomic mass is 14.2. The van der Waals surface area contributed by atoms with Crippen molar-refractivity contribution < 1.29 is 0 Å². The van der Waals surface area contributed by atoms with Crippen LogP contribution in [0.4, 0.5) is 0 Å². The van der Waals surface area contributed by atoms with Gasteiger partial charge < -0.3 is 0 Å². The van der Waals surface area contributed by atoms with Crippen LogP contribution in [-0.2, 0) is 12.8 Å². The molecule has 0 heteroatoms. The van der Waals surface area contributed by atoms with Gasteiger partial charge in [-0.25, -0.2) is 0 Å². The lowest BCUT2D eigenvalue weighted by Gasteiger charge is -2.18. The van der Waals surface area contributed by atoms with Crippen LogP contribution >= 0.6 is 0 Å². The first-order valence-electron chi connectivity index (χ1n) is 12.3. The summed E-state index contributed by atoms with van der Waals surface area (Å²) in [6.45, 7) is 8.92. The van der Waals surface area contributed by atoms with Gasteiger partial charge in [0.2, 0.25) is 0 Å².